The van der Waals surface area contributed by atoms with Crippen LogP contribution in [0.4, 0.5) is 16.3 Å². The van der Waals surface area contributed by atoms with Crippen molar-refractivity contribution in [1.29, 1.82) is 0 Å². The number of urea groups is 1. The zero-order chi connectivity index (χ0) is 21.1. The van der Waals surface area contributed by atoms with Crippen molar-refractivity contribution in [2.24, 2.45) is 0 Å². The smallest absolute Gasteiger partial charge is 0.331 e. The van der Waals surface area contributed by atoms with Gasteiger partial charge in [0, 0.05) is 40.1 Å². The van der Waals surface area contributed by atoms with Gasteiger partial charge in [0.25, 0.3) is 0 Å². The van der Waals surface area contributed by atoms with Gasteiger partial charge in [-0.05, 0) is 49.2 Å². The lowest BCUT2D eigenvalue weighted by Gasteiger charge is -2.36. The summed E-state index contributed by atoms with van der Waals surface area (Å²) in [4.78, 5) is 14.8. The molecule has 1 N–H and O–H groups in total. The highest BCUT2D eigenvalue weighted by Gasteiger charge is 2.27. The minimum Gasteiger partial charge on any atom is -0.497 e. The Balaban J connectivity index is 1.39. The van der Waals surface area contributed by atoms with E-state index in [-0.39, 0.29) is 12.1 Å². The Morgan fingerprint density at radius 1 is 1.23 bits per heavy atom. The summed E-state index contributed by atoms with van der Waals surface area (Å²) in [6.45, 7) is 1.55. The Labute approximate surface area is 189 Å². The Kier molecular flexibility index (Phi) is 6.29. The van der Waals surface area contributed by atoms with Crippen LogP contribution < -0.4 is 15.0 Å². The molecule has 0 radical (unpaired) electrons. The number of carbonyl (C=O) groups excluding carboxylic acids is 1. The number of piperidine rings is 1. The average molecular weight is 488 g/mol. The zero-order valence-electron chi connectivity index (χ0n) is 16.5. The van der Waals surface area contributed by atoms with E-state index in [0.29, 0.717) is 5.69 Å². The first kappa shape index (κ1) is 20.7. The fourth-order valence-electron chi connectivity index (χ4n) is 3.61. The number of rotatable bonds is 4. The van der Waals surface area contributed by atoms with Gasteiger partial charge in [-0.15, -0.1) is 5.10 Å². The number of anilines is 2. The molecule has 9 heteroatoms. The number of benzene rings is 2. The van der Waals surface area contributed by atoms with Crippen LogP contribution in [0.5, 0.6) is 5.75 Å². The minimum atomic E-state index is -0.240. The molecule has 3 aromatic rings. The van der Waals surface area contributed by atoms with Crippen LogP contribution in [0, 0.1) is 0 Å². The number of methoxy groups -OCH3 is 1. The van der Waals surface area contributed by atoms with E-state index in [0.717, 1.165) is 52.7 Å². The Morgan fingerprint density at radius 2 is 1.97 bits per heavy atom. The van der Waals surface area contributed by atoms with Crippen LogP contribution in [-0.4, -0.2) is 46.8 Å². The third kappa shape index (κ3) is 4.46. The van der Waals surface area contributed by atoms with Crippen LogP contribution in [0.3, 0.4) is 0 Å². The predicted octanol–water partition coefficient (Wildman–Crippen LogP) is 4.75. The summed E-state index contributed by atoms with van der Waals surface area (Å²) in [5.41, 5.74) is 0.703. The molecular weight excluding hydrogens is 466 g/mol. The predicted molar refractivity (Wildman–Crippen MR) is 125 cm³/mol. The molecule has 1 aliphatic rings. The molecule has 0 unspecified atom stereocenters. The van der Waals surface area contributed by atoms with E-state index in [9.17, 15) is 4.79 Å². The molecule has 0 saturated carbocycles. The summed E-state index contributed by atoms with van der Waals surface area (Å²) >= 11 is 8.01. The quantitative estimate of drug-likeness (QED) is 0.519. The van der Waals surface area contributed by atoms with Crippen molar-refractivity contribution in [3.8, 4) is 5.75 Å². The number of amides is 2. The first-order valence-electron chi connectivity index (χ1n) is 9.64. The lowest BCUT2D eigenvalue weighted by Crippen LogP contribution is -2.45. The second-order valence-electron chi connectivity index (χ2n) is 7.12. The first-order valence-corrected chi connectivity index (χ1v) is 10.8. The van der Waals surface area contributed by atoms with E-state index in [4.69, 9.17) is 4.74 Å². The third-order valence-corrected chi connectivity index (χ3v) is 6.27. The molecule has 0 bridgehead atoms. The molecule has 4 rings (SSSR count). The summed E-state index contributed by atoms with van der Waals surface area (Å²) in [6.07, 6.45) is 3.37. The second kappa shape index (κ2) is 9.09. The number of fused-ring (bicyclic) bond motifs is 1. The van der Waals surface area contributed by atoms with Crippen molar-refractivity contribution in [3.63, 3.8) is 0 Å². The number of nitrogens with one attached hydrogen (secondary N) is 1. The molecule has 2 amide bonds. The average Bonchev–Trinajstić information content (AvgIpc) is 2.78. The molecule has 2 heterocycles. The van der Waals surface area contributed by atoms with E-state index in [1.807, 2.05) is 12.1 Å². The van der Waals surface area contributed by atoms with Gasteiger partial charge in [-0.1, -0.05) is 34.8 Å². The number of hydrogen-bond acceptors (Lipinski definition) is 6. The monoisotopic (exact) mass is 487 g/mol. The molecule has 0 spiro atoms. The number of carbonyl (C=O) groups is 1. The van der Waals surface area contributed by atoms with Gasteiger partial charge in [-0.2, -0.15) is 5.10 Å². The van der Waals surface area contributed by atoms with Crippen molar-refractivity contribution in [2.45, 2.75) is 18.9 Å². The first-order chi connectivity index (χ1) is 14.5. The van der Waals surface area contributed by atoms with Gasteiger partial charge in [0.2, 0.25) is 0 Å². The van der Waals surface area contributed by atoms with Crippen molar-refractivity contribution in [2.75, 3.05) is 30.4 Å². The van der Waals surface area contributed by atoms with Crippen LogP contribution in [0.15, 0.2) is 53.1 Å². The second-order valence-corrected chi connectivity index (χ2v) is 8.47. The van der Waals surface area contributed by atoms with Gasteiger partial charge < -0.3 is 15.0 Å². The van der Waals surface area contributed by atoms with E-state index in [2.05, 4.69) is 55.2 Å². The van der Waals surface area contributed by atoms with Gasteiger partial charge in [0.1, 0.15) is 5.75 Å². The van der Waals surface area contributed by atoms with Crippen molar-refractivity contribution in [3.05, 3.63) is 53.1 Å². The largest absolute Gasteiger partial charge is 0.497 e. The fourth-order valence-corrected chi connectivity index (χ4v) is 4.25. The van der Waals surface area contributed by atoms with Crippen molar-refractivity contribution < 1.29 is 9.53 Å². The van der Waals surface area contributed by atoms with Gasteiger partial charge in [0.05, 0.1) is 13.3 Å². The molecule has 30 heavy (non-hydrogen) atoms. The van der Waals surface area contributed by atoms with Gasteiger partial charge in [0.15, 0.2) is 5.82 Å². The minimum absolute atomic E-state index is 0.0394. The summed E-state index contributed by atoms with van der Waals surface area (Å²) in [7, 11) is 1.61. The zero-order valence-corrected chi connectivity index (χ0v) is 18.9. The Morgan fingerprint density at radius 3 is 2.67 bits per heavy atom. The summed E-state index contributed by atoms with van der Waals surface area (Å²) in [6, 6.07) is 13.1. The van der Waals surface area contributed by atoms with E-state index >= 15 is 0 Å². The molecular formula is C21H22BrN5O2S. The van der Waals surface area contributed by atoms with Crippen LogP contribution in [0.25, 0.3) is 10.8 Å². The van der Waals surface area contributed by atoms with E-state index in [1.165, 1.54) is 4.31 Å². The van der Waals surface area contributed by atoms with Gasteiger partial charge in [-0.3, -0.25) is 4.31 Å². The lowest BCUT2D eigenvalue weighted by molar-refractivity contribution is 0.223. The van der Waals surface area contributed by atoms with Crippen LogP contribution >= 0.6 is 28.7 Å². The topological polar surface area (TPSA) is 70.6 Å². The Bertz CT molecular complexity index is 1040. The van der Waals surface area contributed by atoms with Crippen LogP contribution in [0.2, 0.25) is 0 Å². The number of hydrogen-bond donors (Lipinski definition) is 2. The fraction of sp³-hybridized carbons (Fsp3) is 0.286. The highest BCUT2D eigenvalue weighted by Crippen LogP contribution is 2.30. The number of thiol groups is 1. The highest BCUT2D eigenvalue weighted by atomic mass is 79.9. The third-order valence-electron chi connectivity index (χ3n) is 5.26. The maximum Gasteiger partial charge on any atom is 0.331 e. The lowest BCUT2D eigenvalue weighted by atomic mass is 10.0. The standard InChI is InChI=1S/C21H22BrN5O2S/c1-29-18-6-4-16(5-7-18)24-21(28)27(30)17-8-10-26(11-9-17)20-19-12-15(22)3-2-14(19)13-23-25-20/h2-7,12-13,17,30H,8-11H2,1H3,(H,24,28). The number of aromatic nitrogens is 2. The number of halogens is 1. The number of ether oxygens (including phenoxy) is 1. The van der Waals surface area contributed by atoms with Gasteiger partial charge >= 0.3 is 6.03 Å². The van der Waals surface area contributed by atoms with Crippen molar-refractivity contribution in [1.82, 2.24) is 14.5 Å². The molecule has 0 atom stereocenters. The van der Waals surface area contributed by atoms with Crippen LogP contribution in [0.1, 0.15) is 12.8 Å². The molecule has 7 nitrogen and oxygen atoms in total. The SMILES string of the molecule is COc1ccc(NC(=O)N(S)C2CCN(c3nncc4ccc(Br)cc34)CC2)cc1. The van der Waals surface area contributed by atoms with Crippen molar-refractivity contribution >= 4 is 57.1 Å². The summed E-state index contributed by atoms with van der Waals surface area (Å²) in [5, 5.41) is 13.5. The highest BCUT2D eigenvalue weighted by molar-refractivity contribution is 9.10. The van der Waals surface area contributed by atoms with E-state index in [1.54, 1.807) is 37.6 Å². The molecule has 1 aliphatic heterocycles. The molecule has 2 aromatic carbocycles. The molecule has 1 saturated heterocycles. The summed E-state index contributed by atoms with van der Waals surface area (Å²) in [5.74, 6) is 1.62. The Hall–Kier alpha value is -2.52. The molecule has 0 aliphatic carbocycles. The van der Waals surface area contributed by atoms with Gasteiger partial charge in [-0.25, -0.2) is 4.79 Å². The number of nitrogens with zero attached hydrogens (tertiary/aromatic N) is 4. The van der Waals surface area contributed by atoms with Crippen LogP contribution in [-0.2, 0) is 0 Å². The molecule has 1 aromatic heterocycles. The molecule has 1 fully saturated rings. The summed E-state index contributed by atoms with van der Waals surface area (Å²) < 4.78 is 7.64. The van der Waals surface area contributed by atoms with E-state index < -0.39 is 0 Å². The normalized spacial score (nSPS) is 14.6. The maximum absolute atomic E-state index is 12.6. The molecule has 156 valence electrons. The maximum atomic E-state index is 12.6.